The Kier molecular flexibility index (Phi) is 8.00. The predicted octanol–water partition coefficient (Wildman–Crippen LogP) is 7.10. The SMILES string of the molecule is CCCCCCC(CC)(CCC)C(C)c1ccc(F)cc1. The summed E-state index contributed by atoms with van der Waals surface area (Å²) in [6.45, 7) is 9.22. The second kappa shape index (κ2) is 9.23. The number of halogens is 1. The summed E-state index contributed by atoms with van der Waals surface area (Å²) in [5.74, 6) is 0.371. The molecule has 1 rings (SSSR count). The Bertz CT molecular complexity index is 381. The van der Waals surface area contributed by atoms with Crippen LogP contribution in [0.1, 0.15) is 90.5 Å². The third-order valence-corrected chi connectivity index (χ3v) is 5.27. The topological polar surface area (TPSA) is 0 Å². The normalized spacial score (nSPS) is 15.7. The molecule has 0 bridgehead atoms. The van der Waals surface area contributed by atoms with Crippen LogP contribution in [-0.4, -0.2) is 0 Å². The lowest BCUT2D eigenvalue weighted by Gasteiger charge is -2.39. The second-order valence-electron chi connectivity index (χ2n) is 6.55. The number of rotatable bonds is 10. The molecule has 2 atom stereocenters. The van der Waals surface area contributed by atoms with Crippen LogP contribution in [0.3, 0.4) is 0 Å². The Morgan fingerprint density at radius 2 is 1.57 bits per heavy atom. The lowest BCUT2D eigenvalue weighted by Crippen LogP contribution is -2.27. The summed E-state index contributed by atoms with van der Waals surface area (Å²) in [4.78, 5) is 0. The highest BCUT2D eigenvalue weighted by atomic mass is 19.1. The third kappa shape index (κ3) is 5.13. The molecule has 0 aliphatic rings. The average molecular weight is 292 g/mol. The highest BCUT2D eigenvalue weighted by molar-refractivity contribution is 5.22. The minimum Gasteiger partial charge on any atom is -0.207 e. The molecular formula is C20H33F. The molecule has 21 heavy (non-hydrogen) atoms. The van der Waals surface area contributed by atoms with Gasteiger partial charge in [0.2, 0.25) is 0 Å². The number of hydrogen-bond donors (Lipinski definition) is 0. The highest BCUT2D eigenvalue weighted by Crippen LogP contribution is 2.46. The van der Waals surface area contributed by atoms with E-state index in [1.807, 2.05) is 12.1 Å². The molecule has 0 N–H and O–H groups in total. The molecule has 0 heterocycles. The van der Waals surface area contributed by atoms with Gasteiger partial charge in [-0.05, 0) is 48.3 Å². The fourth-order valence-corrected chi connectivity index (χ4v) is 3.72. The fourth-order valence-electron chi connectivity index (χ4n) is 3.72. The summed E-state index contributed by atoms with van der Waals surface area (Å²) in [5.41, 5.74) is 1.67. The molecule has 0 saturated carbocycles. The Morgan fingerprint density at radius 1 is 0.905 bits per heavy atom. The molecule has 0 aromatic heterocycles. The quantitative estimate of drug-likeness (QED) is 0.403. The molecule has 0 aliphatic heterocycles. The van der Waals surface area contributed by atoms with E-state index in [1.165, 1.54) is 56.9 Å². The van der Waals surface area contributed by atoms with Gasteiger partial charge >= 0.3 is 0 Å². The van der Waals surface area contributed by atoms with Crippen molar-refractivity contribution >= 4 is 0 Å². The Labute approximate surface area is 131 Å². The standard InChI is InChI=1S/C20H33F/c1-5-8-9-10-16-20(7-3,15-6-2)17(4)18-11-13-19(21)14-12-18/h11-14,17H,5-10,15-16H2,1-4H3. The monoisotopic (exact) mass is 292 g/mol. The van der Waals surface area contributed by atoms with E-state index < -0.39 is 0 Å². The summed E-state index contributed by atoms with van der Waals surface area (Å²) in [6, 6.07) is 7.17. The number of hydrogen-bond acceptors (Lipinski definition) is 0. The van der Waals surface area contributed by atoms with E-state index in [-0.39, 0.29) is 5.82 Å². The van der Waals surface area contributed by atoms with Gasteiger partial charge in [-0.15, -0.1) is 0 Å². The van der Waals surface area contributed by atoms with Crippen molar-refractivity contribution in [3.63, 3.8) is 0 Å². The van der Waals surface area contributed by atoms with Crippen molar-refractivity contribution in [2.24, 2.45) is 5.41 Å². The van der Waals surface area contributed by atoms with Gasteiger partial charge in [0, 0.05) is 0 Å². The lowest BCUT2D eigenvalue weighted by atomic mass is 9.65. The molecule has 120 valence electrons. The molecule has 0 radical (unpaired) electrons. The Morgan fingerprint density at radius 3 is 2.10 bits per heavy atom. The van der Waals surface area contributed by atoms with Crippen LogP contribution in [-0.2, 0) is 0 Å². The van der Waals surface area contributed by atoms with Gasteiger partial charge in [-0.25, -0.2) is 4.39 Å². The lowest BCUT2D eigenvalue weighted by molar-refractivity contribution is 0.174. The van der Waals surface area contributed by atoms with Crippen molar-refractivity contribution in [2.45, 2.75) is 85.0 Å². The maximum Gasteiger partial charge on any atom is 0.123 e. The van der Waals surface area contributed by atoms with Crippen molar-refractivity contribution in [1.29, 1.82) is 0 Å². The Balaban J connectivity index is 2.85. The predicted molar refractivity (Wildman–Crippen MR) is 91.2 cm³/mol. The van der Waals surface area contributed by atoms with E-state index in [0.29, 0.717) is 11.3 Å². The molecule has 0 amide bonds. The zero-order valence-electron chi connectivity index (χ0n) is 14.4. The second-order valence-corrected chi connectivity index (χ2v) is 6.55. The molecule has 0 aliphatic carbocycles. The van der Waals surface area contributed by atoms with Gasteiger partial charge < -0.3 is 0 Å². The maximum atomic E-state index is 13.2. The van der Waals surface area contributed by atoms with Crippen LogP contribution < -0.4 is 0 Å². The molecule has 0 nitrogen and oxygen atoms in total. The smallest absolute Gasteiger partial charge is 0.123 e. The average Bonchev–Trinajstić information content (AvgIpc) is 2.50. The van der Waals surface area contributed by atoms with E-state index in [4.69, 9.17) is 0 Å². The van der Waals surface area contributed by atoms with E-state index in [9.17, 15) is 4.39 Å². The van der Waals surface area contributed by atoms with Crippen LogP contribution in [0.5, 0.6) is 0 Å². The molecule has 0 spiro atoms. The first-order chi connectivity index (χ1) is 10.1. The van der Waals surface area contributed by atoms with Crippen LogP contribution >= 0.6 is 0 Å². The van der Waals surface area contributed by atoms with Crippen molar-refractivity contribution in [3.8, 4) is 0 Å². The van der Waals surface area contributed by atoms with Gasteiger partial charge in [0.05, 0.1) is 0 Å². The summed E-state index contributed by atoms with van der Waals surface area (Å²) in [7, 11) is 0. The zero-order chi connectivity index (χ0) is 15.7. The fraction of sp³-hybridized carbons (Fsp3) is 0.700. The van der Waals surface area contributed by atoms with Crippen molar-refractivity contribution in [3.05, 3.63) is 35.6 Å². The van der Waals surface area contributed by atoms with Gasteiger partial charge in [0.25, 0.3) is 0 Å². The van der Waals surface area contributed by atoms with E-state index in [1.54, 1.807) is 12.1 Å². The first-order valence-corrected chi connectivity index (χ1v) is 8.85. The van der Waals surface area contributed by atoms with Crippen LogP contribution in [0.25, 0.3) is 0 Å². The number of benzene rings is 1. The molecule has 0 fully saturated rings. The number of unbranched alkanes of at least 4 members (excludes halogenated alkanes) is 3. The largest absolute Gasteiger partial charge is 0.207 e. The minimum absolute atomic E-state index is 0.133. The van der Waals surface area contributed by atoms with Gasteiger partial charge in [-0.3, -0.25) is 0 Å². The minimum atomic E-state index is -0.133. The zero-order valence-corrected chi connectivity index (χ0v) is 14.4. The summed E-state index contributed by atoms with van der Waals surface area (Å²) >= 11 is 0. The molecule has 1 aromatic rings. The van der Waals surface area contributed by atoms with Crippen LogP contribution in [0.2, 0.25) is 0 Å². The van der Waals surface area contributed by atoms with Crippen molar-refractivity contribution < 1.29 is 4.39 Å². The van der Waals surface area contributed by atoms with Gasteiger partial charge in [-0.2, -0.15) is 0 Å². The van der Waals surface area contributed by atoms with Crippen molar-refractivity contribution in [1.82, 2.24) is 0 Å². The van der Waals surface area contributed by atoms with Crippen molar-refractivity contribution in [2.75, 3.05) is 0 Å². The molecule has 2 unspecified atom stereocenters. The first kappa shape index (κ1) is 18.2. The molecule has 0 saturated heterocycles. The molecule has 1 heteroatoms. The van der Waals surface area contributed by atoms with E-state index >= 15 is 0 Å². The van der Waals surface area contributed by atoms with Gasteiger partial charge in [0.1, 0.15) is 5.82 Å². The summed E-state index contributed by atoms with van der Waals surface area (Å²) in [6.07, 6.45) is 10.3. The van der Waals surface area contributed by atoms with E-state index in [0.717, 1.165) is 0 Å². The van der Waals surface area contributed by atoms with Gasteiger partial charge in [0.15, 0.2) is 0 Å². The first-order valence-electron chi connectivity index (χ1n) is 8.85. The van der Waals surface area contributed by atoms with Crippen LogP contribution in [0.4, 0.5) is 4.39 Å². The van der Waals surface area contributed by atoms with E-state index in [2.05, 4.69) is 27.7 Å². The van der Waals surface area contributed by atoms with Crippen LogP contribution in [0, 0.1) is 11.2 Å². The van der Waals surface area contributed by atoms with Crippen LogP contribution in [0.15, 0.2) is 24.3 Å². The molecular weight excluding hydrogens is 259 g/mol. The molecule has 1 aromatic carbocycles. The third-order valence-electron chi connectivity index (χ3n) is 5.27. The van der Waals surface area contributed by atoms with Gasteiger partial charge in [-0.1, -0.05) is 71.9 Å². The summed E-state index contributed by atoms with van der Waals surface area (Å²) in [5, 5.41) is 0. The Hall–Kier alpha value is -0.850. The summed E-state index contributed by atoms with van der Waals surface area (Å²) < 4.78 is 13.2. The maximum absolute atomic E-state index is 13.2. The highest BCUT2D eigenvalue weighted by Gasteiger charge is 2.33.